The second kappa shape index (κ2) is 7.24. The van der Waals surface area contributed by atoms with Crippen LogP contribution in [0.1, 0.15) is 30.1 Å². The Morgan fingerprint density at radius 3 is 2.85 bits per heavy atom. The van der Waals surface area contributed by atoms with E-state index in [1.165, 1.54) is 12.8 Å². The lowest BCUT2D eigenvalue weighted by Gasteiger charge is -2.31. The van der Waals surface area contributed by atoms with E-state index in [2.05, 4.69) is 27.4 Å². The van der Waals surface area contributed by atoms with E-state index in [-0.39, 0.29) is 5.91 Å². The highest BCUT2D eigenvalue weighted by atomic mass is 16.1. The maximum absolute atomic E-state index is 12.1. The van der Waals surface area contributed by atoms with Crippen LogP contribution in [0.3, 0.4) is 0 Å². The van der Waals surface area contributed by atoms with Crippen LogP contribution in [0, 0.1) is 5.92 Å². The van der Waals surface area contributed by atoms with Gasteiger partial charge in [-0.1, -0.05) is 6.92 Å². The third kappa shape index (κ3) is 3.93. The number of pyridine rings is 1. The number of hydrogen-bond donors (Lipinski definition) is 2. The summed E-state index contributed by atoms with van der Waals surface area (Å²) in [5, 5.41) is 5.98. The number of anilines is 1. The molecule has 0 bridgehead atoms. The number of carbonyl (C=O) groups excluding carboxylic acids is 1. The zero-order chi connectivity index (χ0) is 14.4. The zero-order valence-electron chi connectivity index (χ0n) is 12.4. The maximum Gasteiger partial charge on any atom is 0.251 e. The minimum atomic E-state index is -0.0122. The molecule has 0 saturated carbocycles. The van der Waals surface area contributed by atoms with Gasteiger partial charge in [0.1, 0.15) is 5.82 Å². The molecular weight excluding hydrogens is 252 g/mol. The Hall–Kier alpha value is -1.62. The highest BCUT2D eigenvalue weighted by molar-refractivity contribution is 5.94. The van der Waals surface area contributed by atoms with Crippen LogP contribution in [0.2, 0.25) is 0 Å². The summed E-state index contributed by atoms with van der Waals surface area (Å²) in [6, 6.07) is 3.52. The predicted octanol–water partition coefficient (Wildman–Crippen LogP) is 1.58. The molecule has 1 aliphatic heterocycles. The molecule has 0 radical (unpaired) electrons. The molecule has 1 amide bonds. The van der Waals surface area contributed by atoms with Gasteiger partial charge in [-0.25, -0.2) is 4.98 Å². The molecule has 1 fully saturated rings. The first-order valence-corrected chi connectivity index (χ1v) is 7.37. The van der Waals surface area contributed by atoms with Crippen molar-refractivity contribution in [3.8, 4) is 0 Å². The Balaban J connectivity index is 1.80. The number of rotatable bonds is 5. The normalized spacial score (nSPS) is 16.9. The molecule has 1 aromatic rings. The number of nitrogens with one attached hydrogen (secondary N) is 2. The molecule has 2 heterocycles. The van der Waals surface area contributed by atoms with Gasteiger partial charge in [-0.05, 0) is 50.5 Å². The average Bonchev–Trinajstić information content (AvgIpc) is 2.53. The van der Waals surface area contributed by atoms with E-state index in [1.54, 1.807) is 25.4 Å². The molecule has 5 heteroatoms. The van der Waals surface area contributed by atoms with Crippen molar-refractivity contribution in [2.24, 2.45) is 5.92 Å². The van der Waals surface area contributed by atoms with Crippen LogP contribution in [-0.2, 0) is 0 Å². The fourth-order valence-electron chi connectivity index (χ4n) is 2.55. The van der Waals surface area contributed by atoms with Gasteiger partial charge in [-0.2, -0.15) is 0 Å². The summed E-state index contributed by atoms with van der Waals surface area (Å²) in [6.07, 6.45) is 4.00. The summed E-state index contributed by atoms with van der Waals surface area (Å²) < 4.78 is 0. The second-order valence-corrected chi connectivity index (χ2v) is 5.27. The Labute approximate surface area is 120 Å². The molecule has 20 heavy (non-hydrogen) atoms. The van der Waals surface area contributed by atoms with Crippen molar-refractivity contribution in [1.82, 2.24) is 15.2 Å². The van der Waals surface area contributed by atoms with Crippen LogP contribution in [0.5, 0.6) is 0 Å². The van der Waals surface area contributed by atoms with E-state index in [1.807, 2.05) is 0 Å². The van der Waals surface area contributed by atoms with Crippen molar-refractivity contribution in [3.05, 3.63) is 23.9 Å². The van der Waals surface area contributed by atoms with Crippen molar-refractivity contribution in [3.63, 3.8) is 0 Å². The molecule has 1 saturated heterocycles. The molecule has 0 aliphatic carbocycles. The molecule has 0 atom stereocenters. The average molecular weight is 276 g/mol. The number of aromatic nitrogens is 1. The van der Waals surface area contributed by atoms with Gasteiger partial charge in [-0.15, -0.1) is 0 Å². The largest absolute Gasteiger partial charge is 0.373 e. The Morgan fingerprint density at radius 1 is 1.45 bits per heavy atom. The number of likely N-dealkylation sites (tertiary alicyclic amines) is 1. The molecule has 0 aromatic carbocycles. The summed E-state index contributed by atoms with van der Waals surface area (Å²) in [5.74, 6) is 1.31. The fraction of sp³-hybridized carbons (Fsp3) is 0.600. The topological polar surface area (TPSA) is 57.3 Å². The number of hydrogen-bond acceptors (Lipinski definition) is 4. The highest BCUT2D eigenvalue weighted by Crippen LogP contribution is 2.16. The number of amides is 1. The predicted molar refractivity (Wildman–Crippen MR) is 81.0 cm³/mol. The molecule has 2 rings (SSSR count). The third-order valence-corrected chi connectivity index (χ3v) is 3.98. The lowest BCUT2D eigenvalue weighted by Crippen LogP contribution is -2.38. The Morgan fingerprint density at radius 2 is 2.20 bits per heavy atom. The second-order valence-electron chi connectivity index (χ2n) is 5.27. The quantitative estimate of drug-likeness (QED) is 0.857. The molecule has 110 valence electrons. The summed E-state index contributed by atoms with van der Waals surface area (Å²) in [6.45, 7) is 6.40. The van der Waals surface area contributed by atoms with E-state index in [0.29, 0.717) is 17.3 Å². The van der Waals surface area contributed by atoms with Gasteiger partial charge in [0.15, 0.2) is 0 Å². The molecular formula is C15H24N4O. The summed E-state index contributed by atoms with van der Waals surface area (Å²) in [7, 11) is 1.80. The van der Waals surface area contributed by atoms with Crippen LogP contribution in [0.25, 0.3) is 0 Å². The van der Waals surface area contributed by atoms with Crippen LogP contribution >= 0.6 is 0 Å². The molecule has 1 aromatic heterocycles. The monoisotopic (exact) mass is 276 g/mol. The van der Waals surface area contributed by atoms with Gasteiger partial charge in [0.25, 0.3) is 5.91 Å². The zero-order valence-corrected chi connectivity index (χ0v) is 12.4. The van der Waals surface area contributed by atoms with Gasteiger partial charge in [0.05, 0.1) is 0 Å². The SMILES string of the molecule is CCN1CCC(CNC(=O)c2ccnc(NC)c2)CC1. The first-order valence-electron chi connectivity index (χ1n) is 7.37. The molecule has 0 spiro atoms. The van der Waals surface area contributed by atoms with E-state index in [9.17, 15) is 4.79 Å². The first kappa shape index (κ1) is 14.8. The molecule has 5 nitrogen and oxygen atoms in total. The van der Waals surface area contributed by atoms with Crippen molar-refractivity contribution in [2.45, 2.75) is 19.8 Å². The third-order valence-electron chi connectivity index (χ3n) is 3.98. The number of carbonyl (C=O) groups is 1. The molecule has 0 unspecified atom stereocenters. The van der Waals surface area contributed by atoms with Gasteiger partial charge in [0.2, 0.25) is 0 Å². The Kier molecular flexibility index (Phi) is 5.35. The van der Waals surface area contributed by atoms with Gasteiger partial charge in [-0.3, -0.25) is 4.79 Å². The maximum atomic E-state index is 12.1. The Bertz CT molecular complexity index is 441. The van der Waals surface area contributed by atoms with Crippen molar-refractivity contribution < 1.29 is 4.79 Å². The minimum Gasteiger partial charge on any atom is -0.373 e. The van der Waals surface area contributed by atoms with Crippen molar-refractivity contribution in [2.75, 3.05) is 38.5 Å². The summed E-state index contributed by atoms with van der Waals surface area (Å²) in [4.78, 5) is 18.7. The van der Waals surface area contributed by atoms with Crippen LogP contribution in [-0.4, -0.2) is 49.0 Å². The fourth-order valence-corrected chi connectivity index (χ4v) is 2.55. The van der Waals surface area contributed by atoms with Gasteiger partial charge >= 0.3 is 0 Å². The van der Waals surface area contributed by atoms with E-state index in [4.69, 9.17) is 0 Å². The lowest BCUT2D eigenvalue weighted by molar-refractivity contribution is 0.0937. The van der Waals surface area contributed by atoms with Gasteiger partial charge in [0, 0.05) is 25.4 Å². The van der Waals surface area contributed by atoms with Crippen molar-refractivity contribution in [1.29, 1.82) is 0 Å². The molecule has 1 aliphatic rings. The standard InChI is InChI=1S/C15H24N4O/c1-3-19-8-5-12(6-9-19)11-18-15(20)13-4-7-17-14(10-13)16-2/h4,7,10,12H,3,5-6,8-9,11H2,1-2H3,(H,16,17)(H,18,20). The van der Waals surface area contributed by atoms with Crippen LogP contribution in [0.15, 0.2) is 18.3 Å². The highest BCUT2D eigenvalue weighted by Gasteiger charge is 2.18. The minimum absolute atomic E-state index is 0.0122. The van der Waals surface area contributed by atoms with E-state index >= 15 is 0 Å². The number of piperidine rings is 1. The number of nitrogens with zero attached hydrogens (tertiary/aromatic N) is 2. The lowest BCUT2D eigenvalue weighted by atomic mass is 9.97. The smallest absolute Gasteiger partial charge is 0.251 e. The van der Waals surface area contributed by atoms with Crippen molar-refractivity contribution >= 4 is 11.7 Å². The van der Waals surface area contributed by atoms with Crippen LogP contribution in [0.4, 0.5) is 5.82 Å². The molecule has 2 N–H and O–H groups in total. The summed E-state index contributed by atoms with van der Waals surface area (Å²) in [5.41, 5.74) is 0.662. The van der Waals surface area contributed by atoms with Gasteiger partial charge < -0.3 is 15.5 Å². The van der Waals surface area contributed by atoms with E-state index in [0.717, 1.165) is 26.2 Å². The van der Waals surface area contributed by atoms with Crippen LogP contribution < -0.4 is 10.6 Å². The first-order chi connectivity index (χ1) is 9.72. The summed E-state index contributed by atoms with van der Waals surface area (Å²) >= 11 is 0. The van der Waals surface area contributed by atoms with E-state index < -0.39 is 0 Å².